The van der Waals surface area contributed by atoms with Crippen LogP contribution in [-0.2, 0) is 11.4 Å². The number of benzene rings is 4. The number of carbonyl (C=O) groups excluding carboxylic acids is 1. The number of allylic oxidation sites excluding steroid dienone is 1. The third-order valence-electron chi connectivity index (χ3n) is 8.26. The van der Waals surface area contributed by atoms with Gasteiger partial charge in [0, 0.05) is 24.2 Å². The molecule has 1 aliphatic rings. The van der Waals surface area contributed by atoms with E-state index in [9.17, 15) is 14.0 Å². The Balaban J connectivity index is 1.46. The van der Waals surface area contributed by atoms with E-state index in [0.29, 0.717) is 50.8 Å². The van der Waals surface area contributed by atoms with Crippen molar-refractivity contribution in [2.45, 2.75) is 33.4 Å². The topological polar surface area (TPSA) is 73.1 Å². The van der Waals surface area contributed by atoms with E-state index in [0.717, 1.165) is 21.9 Å². The minimum absolute atomic E-state index is 0.107. The van der Waals surface area contributed by atoms with Crippen LogP contribution in [0.2, 0.25) is 0 Å². The van der Waals surface area contributed by atoms with Crippen LogP contribution in [0.25, 0.3) is 16.8 Å². The normalized spacial score (nSPS) is 14.6. The third kappa shape index (κ3) is 5.74. The highest BCUT2D eigenvalue weighted by Gasteiger charge is 2.36. The molecule has 234 valence electrons. The second-order valence-electron chi connectivity index (χ2n) is 10.9. The third-order valence-corrected chi connectivity index (χ3v) is 9.24. The maximum absolute atomic E-state index is 14.3. The van der Waals surface area contributed by atoms with Crippen LogP contribution >= 0.6 is 11.3 Å². The first-order valence-corrected chi connectivity index (χ1v) is 16.0. The summed E-state index contributed by atoms with van der Waals surface area (Å²) in [5.41, 5.74) is 2.78. The molecule has 0 fully saturated rings. The van der Waals surface area contributed by atoms with Gasteiger partial charge in [0.25, 0.3) is 11.5 Å². The number of methoxy groups -OCH3 is 1. The lowest BCUT2D eigenvalue weighted by Gasteiger charge is -2.30. The van der Waals surface area contributed by atoms with Crippen LogP contribution in [0, 0.1) is 5.82 Å². The monoisotopic (exact) mass is 635 g/mol. The molecule has 0 bridgehead atoms. The number of rotatable bonds is 9. The Morgan fingerprint density at radius 3 is 2.43 bits per heavy atom. The molecule has 1 aliphatic heterocycles. The Labute approximate surface area is 270 Å². The maximum atomic E-state index is 14.3. The summed E-state index contributed by atoms with van der Waals surface area (Å²) >= 11 is 1.28. The van der Waals surface area contributed by atoms with Gasteiger partial charge in [-0.25, -0.2) is 9.38 Å². The van der Waals surface area contributed by atoms with E-state index >= 15 is 0 Å². The van der Waals surface area contributed by atoms with Crippen LogP contribution in [0.5, 0.6) is 11.5 Å². The first-order valence-electron chi connectivity index (χ1n) is 15.2. The summed E-state index contributed by atoms with van der Waals surface area (Å²) in [5.74, 6) is 0.696. The molecule has 1 atom stereocenters. The largest absolute Gasteiger partial charge is 0.496 e. The second-order valence-corrected chi connectivity index (χ2v) is 11.9. The van der Waals surface area contributed by atoms with Gasteiger partial charge < -0.3 is 14.4 Å². The fourth-order valence-electron chi connectivity index (χ4n) is 5.87. The summed E-state index contributed by atoms with van der Waals surface area (Å²) in [6.07, 6.45) is 1.81. The maximum Gasteiger partial charge on any atom is 0.271 e. The molecule has 1 amide bonds. The van der Waals surface area contributed by atoms with Gasteiger partial charge in [-0.05, 0) is 67.4 Å². The Morgan fingerprint density at radius 2 is 1.72 bits per heavy atom. The molecule has 0 aliphatic carbocycles. The van der Waals surface area contributed by atoms with Crippen molar-refractivity contribution in [1.82, 2.24) is 9.47 Å². The molecule has 0 radical (unpaired) electrons. The van der Waals surface area contributed by atoms with Crippen molar-refractivity contribution in [1.29, 1.82) is 0 Å². The fraction of sp³-hybridized carbons (Fsp3) is 0.216. The predicted molar refractivity (Wildman–Crippen MR) is 179 cm³/mol. The Bertz CT molecular complexity index is 2150. The van der Waals surface area contributed by atoms with Gasteiger partial charge in [0.05, 0.1) is 22.9 Å². The number of nitrogens with zero attached hydrogens (tertiary/aromatic N) is 3. The average Bonchev–Trinajstić information content (AvgIpc) is 3.37. The molecule has 1 aromatic heterocycles. The van der Waals surface area contributed by atoms with Crippen molar-refractivity contribution in [2.75, 3.05) is 20.2 Å². The van der Waals surface area contributed by atoms with Crippen molar-refractivity contribution >= 4 is 34.1 Å². The number of aromatic nitrogens is 1. The molecule has 9 heteroatoms. The van der Waals surface area contributed by atoms with E-state index in [1.165, 1.54) is 17.4 Å². The highest BCUT2D eigenvalue weighted by atomic mass is 32.1. The van der Waals surface area contributed by atoms with Crippen LogP contribution < -0.4 is 24.4 Å². The lowest BCUT2D eigenvalue weighted by molar-refractivity contribution is -0.127. The molecule has 0 saturated heterocycles. The summed E-state index contributed by atoms with van der Waals surface area (Å²) in [4.78, 5) is 35.5. The Kier molecular flexibility index (Phi) is 8.85. The number of halogens is 1. The summed E-state index contributed by atoms with van der Waals surface area (Å²) < 4.78 is 27.8. The minimum Gasteiger partial charge on any atom is -0.496 e. The number of hydrogen-bond donors (Lipinski definition) is 0. The van der Waals surface area contributed by atoms with Gasteiger partial charge in [-0.1, -0.05) is 72.0 Å². The van der Waals surface area contributed by atoms with Crippen LogP contribution in [0.1, 0.15) is 43.5 Å². The summed E-state index contributed by atoms with van der Waals surface area (Å²) in [7, 11) is 1.60. The van der Waals surface area contributed by atoms with Crippen LogP contribution in [0.3, 0.4) is 0 Å². The standard InChI is InChI=1S/C37H34FN3O4S/c1-5-40(6-2)36(43)32-23(3)39-37-41(34(32)33-28-13-9-7-11-25(28)17-20-30(33)44-4)35(42)31(46-37)21-24-15-18-27(19-16-24)45-22-26-12-8-10-14-29(26)38/h7-21,34H,5-6,22H2,1-4H3/b31-21+/t34-/m1/s1. The number of fused-ring (bicyclic) bond motifs is 2. The number of carbonyl (C=O) groups is 1. The molecule has 0 unspecified atom stereocenters. The molecule has 4 aromatic carbocycles. The molecule has 0 spiro atoms. The molecule has 46 heavy (non-hydrogen) atoms. The van der Waals surface area contributed by atoms with Gasteiger partial charge in [0.1, 0.15) is 30.0 Å². The molecule has 6 rings (SSSR count). The van der Waals surface area contributed by atoms with Crippen molar-refractivity contribution in [3.8, 4) is 11.5 Å². The molecule has 0 saturated carbocycles. The van der Waals surface area contributed by atoms with Crippen LogP contribution in [-0.4, -0.2) is 35.6 Å². The second kappa shape index (κ2) is 13.1. The quantitative estimate of drug-likeness (QED) is 0.200. The van der Waals surface area contributed by atoms with E-state index in [1.54, 1.807) is 46.9 Å². The zero-order valence-electron chi connectivity index (χ0n) is 26.1. The van der Waals surface area contributed by atoms with Crippen LogP contribution in [0.15, 0.2) is 106 Å². The smallest absolute Gasteiger partial charge is 0.271 e. The lowest BCUT2D eigenvalue weighted by Crippen LogP contribution is -2.43. The summed E-state index contributed by atoms with van der Waals surface area (Å²) in [6.45, 7) is 6.87. The number of hydrogen-bond acceptors (Lipinski definition) is 6. The van der Waals surface area contributed by atoms with Gasteiger partial charge in [0.15, 0.2) is 4.80 Å². The van der Waals surface area contributed by atoms with Crippen molar-refractivity contribution < 1.29 is 18.7 Å². The number of likely N-dealkylation sites (N-methyl/N-ethyl adjacent to an activating group) is 1. The van der Waals surface area contributed by atoms with Crippen molar-refractivity contribution in [2.24, 2.45) is 4.99 Å². The summed E-state index contributed by atoms with van der Waals surface area (Å²) in [5, 5.41) is 1.87. The van der Waals surface area contributed by atoms with Gasteiger partial charge in [-0.15, -0.1) is 0 Å². The lowest BCUT2D eigenvalue weighted by atomic mass is 9.90. The zero-order chi connectivity index (χ0) is 32.4. The Morgan fingerprint density at radius 1 is 1.00 bits per heavy atom. The first-order chi connectivity index (χ1) is 22.3. The molecular formula is C37H34FN3O4S. The summed E-state index contributed by atoms with van der Waals surface area (Å²) in [6, 6.07) is 24.8. The van der Waals surface area contributed by atoms with E-state index in [-0.39, 0.29) is 23.9 Å². The number of ether oxygens (including phenoxy) is 2. The highest BCUT2D eigenvalue weighted by Crippen LogP contribution is 2.40. The SMILES string of the molecule is CCN(CC)C(=O)C1=C(C)N=c2s/c(=C/c3ccc(OCc4ccccc4F)cc3)c(=O)n2[C@H]1c1c(OC)ccc2ccccc12. The zero-order valence-corrected chi connectivity index (χ0v) is 26.9. The van der Waals surface area contributed by atoms with Crippen molar-refractivity contribution in [3.63, 3.8) is 0 Å². The van der Waals surface area contributed by atoms with Crippen LogP contribution in [0.4, 0.5) is 4.39 Å². The molecule has 5 aromatic rings. The molecule has 7 nitrogen and oxygen atoms in total. The highest BCUT2D eigenvalue weighted by molar-refractivity contribution is 7.07. The number of thiazole rings is 1. The Hall–Kier alpha value is -5.02. The van der Waals surface area contributed by atoms with Gasteiger partial charge in [-0.3, -0.25) is 14.2 Å². The first kappa shape index (κ1) is 31.0. The van der Waals surface area contributed by atoms with E-state index < -0.39 is 6.04 Å². The van der Waals surface area contributed by atoms with Crippen molar-refractivity contribution in [3.05, 3.63) is 138 Å². The molecular weight excluding hydrogens is 601 g/mol. The number of amides is 1. The van der Waals surface area contributed by atoms with E-state index in [2.05, 4.69) is 0 Å². The molecule has 2 heterocycles. The average molecular weight is 636 g/mol. The van der Waals surface area contributed by atoms with Gasteiger partial charge in [0.2, 0.25) is 0 Å². The van der Waals surface area contributed by atoms with Gasteiger partial charge in [-0.2, -0.15) is 0 Å². The molecule has 0 N–H and O–H groups in total. The fourth-order valence-corrected chi connectivity index (χ4v) is 6.92. The van der Waals surface area contributed by atoms with E-state index in [1.807, 2.05) is 75.4 Å². The minimum atomic E-state index is -0.748. The van der Waals surface area contributed by atoms with Gasteiger partial charge >= 0.3 is 0 Å². The van der Waals surface area contributed by atoms with E-state index in [4.69, 9.17) is 14.5 Å². The predicted octanol–water partition coefficient (Wildman–Crippen LogP) is 5.98.